The Morgan fingerprint density at radius 3 is 1.89 bits per heavy atom. The van der Waals surface area contributed by atoms with E-state index in [1.54, 1.807) is 0 Å². The fourth-order valence-corrected chi connectivity index (χ4v) is 3.67. The van der Waals surface area contributed by atoms with Crippen molar-refractivity contribution < 1.29 is 22.7 Å². The molecule has 110 valence electrons. The van der Waals surface area contributed by atoms with E-state index < -0.39 is 9.05 Å². The Labute approximate surface area is 120 Å². The normalized spacial score (nSPS) is 13.8. The zero-order chi connectivity index (χ0) is 13.9. The first kappa shape index (κ1) is 18.5. The maximum Gasteiger partial charge on any atom is 0.707 e. The number of hydrogen-bond donors (Lipinski definition) is 0. The summed E-state index contributed by atoms with van der Waals surface area (Å²) in [6, 6.07) is 0. The molecule has 1 unspecified atom stereocenters. The van der Waals surface area contributed by atoms with Crippen LogP contribution in [0.4, 0.5) is 0 Å². The molecule has 0 aromatic carbocycles. The molecule has 0 spiro atoms. The summed E-state index contributed by atoms with van der Waals surface area (Å²) < 4.78 is 21.8. The molecule has 0 heterocycles. The van der Waals surface area contributed by atoms with Crippen LogP contribution in [-0.4, -0.2) is 40.8 Å². The molecular weight excluding hydrogens is 320 g/mol. The molecule has 0 saturated carbocycles. The molecular formula is C11H25BrO5Si. The van der Waals surface area contributed by atoms with Gasteiger partial charge in [0.25, 0.3) is 0 Å². The molecule has 18 heavy (non-hydrogen) atoms. The molecule has 0 saturated heterocycles. The maximum atomic E-state index is 5.49. The van der Waals surface area contributed by atoms with Crippen molar-refractivity contribution in [2.75, 3.05) is 31.8 Å². The summed E-state index contributed by atoms with van der Waals surface area (Å²) in [5, 5.41) is 0.947. The van der Waals surface area contributed by atoms with Crippen molar-refractivity contribution in [1.82, 2.24) is 0 Å². The highest BCUT2D eigenvalue weighted by atomic mass is 79.9. The molecule has 0 fully saturated rings. The van der Waals surface area contributed by atoms with Crippen molar-refractivity contribution in [3.05, 3.63) is 0 Å². The molecule has 1 atom stereocenters. The van der Waals surface area contributed by atoms with Gasteiger partial charge in [0, 0.05) is 25.2 Å². The Bertz CT molecular complexity index is 179. The van der Waals surface area contributed by atoms with E-state index in [1.165, 1.54) is 0 Å². The van der Waals surface area contributed by atoms with Crippen LogP contribution in [-0.2, 0) is 22.7 Å². The van der Waals surface area contributed by atoms with Crippen LogP contribution in [0, 0.1) is 5.92 Å². The fraction of sp³-hybridized carbons (Fsp3) is 1.00. The van der Waals surface area contributed by atoms with Gasteiger partial charge in [0.2, 0.25) is 0 Å². The first-order valence-electron chi connectivity index (χ1n) is 6.42. The quantitative estimate of drug-likeness (QED) is 0.236. The monoisotopic (exact) mass is 344 g/mol. The van der Waals surface area contributed by atoms with E-state index in [1.807, 2.05) is 20.8 Å². The molecule has 0 rings (SSSR count). The Morgan fingerprint density at radius 2 is 1.50 bits per heavy atom. The highest BCUT2D eigenvalue weighted by Crippen LogP contribution is 2.14. The van der Waals surface area contributed by atoms with E-state index in [4.69, 9.17) is 22.7 Å². The summed E-state index contributed by atoms with van der Waals surface area (Å²) in [6.07, 6.45) is 1.02. The van der Waals surface area contributed by atoms with Gasteiger partial charge in [-0.25, -0.2) is 4.89 Å². The summed E-state index contributed by atoms with van der Waals surface area (Å²) in [7, 11) is -3.12. The average molecular weight is 345 g/mol. The minimum Gasteiger partial charge on any atom is -0.350 e. The van der Waals surface area contributed by atoms with E-state index in [0.29, 0.717) is 32.3 Å². The van der Waals surface area contributed by atoms with Crippen LogP contribution in [0.5, 0.6) is 0 Å². The van der Waals surface area contributed by atoms with E-state index in [-0.39, 0.29) is 0 Å². The highest BCUT2D eigenvalue weighted by Gasteiger charge is 2.47. The Morgan fingerprint density at radius 1 is 1.00 bits per heavy atom. The molecule has 0 bridgehead atoms. The van der Waals surface area contributed by atoms with E-state index in [9.17, 15) is 0 Å². The van der Waals surface area contributed by atoms with Crippen LogP contribution >= 0.6 is 15.9 Å². The van der Waals surface area contributed by atoms with Crippen molar-refractivity contribution in [2.45, 2.75) is 34.1 Å². The summed E-state index contributed by atoms with van der Waals surface area (Å²) in [5.74, 6) is 0.404. The smallest absolute Gasteiger partial charge is 0.350 e. The van der Waals surface area contributed by atoms with Gasteiger partial charge in [0.1, 0.15) is 0 Å². The van der Waals surface area contributed by atoms with Crippen molar-refractivity contribution >= 4 is 25.0 Å². The van der Waals surface area contributed by atoms with Crippen LogP contribution in [0.3, 0.4) is 0 Å². The minimum atomic E-state index is -3.12. The SMILES string of the molecule is CCO[Si](OCC)(OCC)OOCC(C)CCBr. The summed E-state index contributed by atoms with van der Waals surface area (Å²) in [6.45, 7) is 9.60. The predicted molar refractivity (Wildman–Crippen MR) is 75.2 cm³/mol. The second-order valence-electron chi connectivity index (χ2n) is 3.75. The lowest BCUT2D eigenvalue weighted by Gasteiger charge is -2.25. The third kappa shape index (κ3) is 7.83. The topological polar surface area (TPSA) is 46.2 Å². The fourth-order valence-electron chi connectivity index (χ4n) is 1.22. The molecule has 0 amide bonds. The zero-order valence-corrected chi connectivity index (χ0v) is 14.3. The standard InChI is InChI=1S/C11H25BrO5Si/c1-5-14-18(15-6-2,16-7-3)17-13-10-11(4)8-9-12/h11H,5-10H2,1-4H3. The van der Waals surface area contributed by atoms with Gasteiger partial charge >= 0.3 is 9.05 Å². The van der Waals surface area contributed by atoms with Crippen LogP contribution in [0.15, 0.2) is 0 Å². The van der Waals surface area contributed by atoms with Crippen LogP contribution < -0.4 is 0 Å². The first-order valence-corrected chi connectivity index (χ1v) is 9.17. The molecule has 0 N–H and O–H groups in total. The van der Waals surface area contributed by atoms with Crippen molar-refractivity contribution in [3.8, 4) is 0 Å². The second-order valence-corrected chi connectivity index (χ2v) is 6.58. The highest BCUT2D eigenvalue weighted by molar-refractivity contribution is 9.09. The van der Waals surface area contributed by atoms with Gasteiger partial charge < -0.3 is 13.3 Å². The zero-order valence-electron chi connectivity index (χ0n) is 11.7. The van der Waals surface area contributed by atoms with E-state index in [0.717, 1.165) is 11.8 Å². The largest absolute Gasteiger partial charge is 0.707 e. The number of alkyl halides is 1. The lowest BCUT2D eigenvalue weighted by molar-refractivity contribution is -0.279. The lowest BCUT2D eigenvalue weighted by Crippen LogP contribution is -2.49. The van der Waals surface area contributed by atoms with Crippen molar-refractivity contribution in [3.63, 3.8) is 0 Å². The summed E-state index contributed by atoms with van der Waals surface area (Å²) >= 11 is 3.39. The van der Waals surface area contributed by atoms with Crippen LogP contribution in [0.2, 0.25) is 0 Å². The molecule has 5 nitrogen and oxygen atoms in total. The molecule has 0 aromatic heterocycles. The van der Waals surface area contributed by atoms with Gasteiger partial charge in [-0.2, -0.15) is 4.58 Å². The predicted octanol–water partition coefficient (Wildman–Crippen LogP) is 2.90. The Hall–Kier alpha value is 0.497. The average Bonchev–Trinajstić information content (AvgIpc) is 2.30. The van der Waals surface area contributed by atoms with Gasteiger partial charge in [-0.1, -0.05) is 22.9 Å². The lowest BCUT2D eigenvalue weighted by atomic mass is 10.1. The van der Waals surface area contributed by atoms with Gasteiger partial charge in [-0.3, -0.25) is 0 Å². The molecule has 0 radical (unpaired) electrons. The molecule has 0 aliphatic carbocycles. The van der Waals surface area contributed by atoms with Gasteiger partial charge in [-0.15, -0.1) is 0 Å². The van der Waals surface area contributed by atoms with E-state index in [2.05, 4.69) is 22.9 Å². The Kier molecular flexibility index (Phi) is 11.6. The maximum absolute atomic E-state index is 5.49. The van der Waals surface area contributed by atoms with Crippen molar-refractivity contribution in [1.29, 1.82) is 0 Å². The van der Waals surface area contributed by atoms with Crippen LogP contribution in [0.25, 0.3) is 0 Å². The number of halogens is 1. The first-order chi connectivity index (χ1) is 8.64. The van der Waals surface area contributed by atoms with E-state index >= 15 is 0 Å². The summed E-state index contributed by atoms with van der Waals surface area (Å²) in [5.41, 5.74) is 0. The van der Waals surface area contributed by atoms with Crippen LogP contribution in [0.1, 0.15) is 34.1 Å². The third-order valence-electron chi connectivity index (χ3n) is 2.08. The van der Waals surface area contributed by atoms with Gasteiger partial charge in [0.15, 0.2) is 0 Å². The van der Waals surface area contributed by atoms with Crippen molar-refractivity contribution in [2.24, 2.45) is 5.92 Å². The number of hydrogen-bond acceptors (Lipinski definition) is 5. The molecule has 0 aliphatic heterocycles. The molecule has 7 heteroatoms. The summed E-state index contributed by atoms with van der Waals surface area (Å²) in [4.78, 5) is 5.24. The molecule has 0 aliphatic rings. The third-order valence-corrected chi connectivity index (χ3v) is 4.79. The minimum absolute atomic E-state index is 0.404. The van der Waals surface area contributed by atoms with Gasteiger partial charge in [-0.05, 0) is 33.1 Å². The second kappa shape index (κ2) is 11.3. The molecule has 0 aromatic rings. The van der Waals surface area contributed by atoms with Gasteiger partial charge in [0.05, 0.1) is 6.61 Å². The number of rotatable bonds is 12. The Balaban J connectivity index is 4.20.